The Hall–Kier alpha value is -4.72. The fourth-order valence-corrected chi connectivity index (χ4v) is 5.11. The Balaban J connectivity index is 1.12. The summed E-state index contributed by atoms with van der Waals surface area (Å²) in [7, 11) is 0. The van der Waals surface area contributed by atoms with Gasteiger partial charge in [0.2, 0.25) is 0 Å². The van der Waals surface area contributed by atoms with Crippen LogP contribution >= 0.6 is 0 Å². The highest BCUT2D eigenvalue weighted by Gasteiger charge is 2.44. The van der Waals surface area contributed by atoms with Crippen LogP contribution in [-0.2, 0) is 34.1 Å². The minimum atomic E-state index is -0.645. The first kappa shape index (κ1) is 24.6. The summed E-state index contributed by atoms with van der Waals surface area (Å²) in [5.41, 5.74) is 1.80. The second-order valence-corrected chi connectivity index (χ2v) is 10.3. The average molecular weight is 525 g/mol. The van der Waals surface area contributed by atoms with Crippen LogP contribution in [0.25, 0.3) is 0 Å². The summed E-state index contributed by atoms with van der Waals surface area (Å²) in [6.45, 7) is 4.23. The highest BCUT2D eigenvalue weighted by atomic mass is 16.6. The molecule has 2 saturated heterocycles. The molecule has 2 aromatic rings. The van der Waals surface area contributed by atoms with Gasteiger partial charge in [0, 0.05) is 5.41 Å². The summed E-state index contributed by atoms with van der Waals surface area (Å²) in [6.07, 6.45) is 9.88. The monoisotopic (exact) mass is 524 g/mol. The van der Waals surface area contributed by atoms with Gasteiger partial charge in [-0.2, -0.15) is 0 Å². The van der Waals surface area contributed by atoms with Crippen molar-refractivity contribution in [1.82, 2.24) is 0 Å². The average Bonchev–Trinajstić information content (AvgIpc) is 3.37. The van der Waals surface area contributed by atoms with E-state index in [4.69, 9.17) is 18.9 Å². The highest BCUT2D eigenvalue weighted by Crippen LogP contribution is 2.36. The minimum absolute atomic E-state index is 0.326. The smallest absolute Gasteiger partial charge is 0.321 e. The molecule has 4 aliphatic rings. The molecular weight excluding hydrogens is 500 g/mol. The molecule has 8 heteroatoms. The predicted molar refractivity (Wildman–Crippen MR) is 137 cm³/mol. The molecule has 39 heavy (non-hydrogen) atoms. The maximum Gasteiger partial charge on any atom is 0.321 e. The maximum atomic E-state index is 11.9. The highest BCUT2D eigenvalue weighted by molar-refractivity contribution is 5.99. The molecule has 0 radical (unpaired) electrons. The van der Waals surface area contributed by atoms with Gasteiger partial charge in [-0.15, -0.1) is 0 Å². The molecule has 0 N–H and O–H groups in total. The normalized spacial score (nSPS) is 25.4. The van der Waals surface area contributed by atoms with E-state index in [9.17, 15) is 19.2 Å². The molecule has 2 aromatic carbocycles. The number of esters is 4. The third-order valence-corrected chi connectivity index (χ3v) is 7.51. The van der Waals surface area contributed by atoms with Gasteiger partial charge >= 0.3 is 23.9 Å². The van der Waals surface area contributed by atoms with Crippen LogP contribution in [0.2, 0.25) is 0 Å². The molecule has 0 bridgehead atoms. The number of hydrogen-bond donors (Lipinski definition) is 0. The number of cyclic esters (lactones) is 4. The lowest BCUT2D eigenvalue weighted by Gasteiger charge is -2.26. The van der Waals surface area contributed by atoms with Crippen LogP contribution in [0.3, 0.4) is 0 Å². The number of carbonyl (C=O) groups is 4. The van der Waals surface area contributed by atoms with Gasteiger partial charge < -0.3 is 18.9 Å². The van der Waals surface area contributed by atoms with E-state index < -0.39 is 47.5 Å². The Morgan fingerprint density at radius 1 is 0.564 bits per heavy atom. The Morgan fingerprint density at radius 2 is 0.923 bits per heavy atom. The number of carbonyl (C=O) groups excluding carboxylic acids is 4. The van der Waals surface area contributed by atoms with E-state index in [2.05, 4.69) is 13.8 Å². The second-order valence-electron chi connectivity index (χ2n) is 10.3. The maximum absolute atomic E-state index is 11.9. The van der Waals surface area contributed by atoms with Gasteiger partial charge in [-0.1, -0.05) is 50.3 Å². The van der Waals surface area contributed by atoms with Gasteiger partial charge in [-0.3, -0.25) is 19.2 Å². The van der Waals surface area contributed by atoms with Gasteiger partial charge in [0.25, 0.3) is 0 Å². The first-order valence-corrected chi connectivity index (χ1v) is 12.6. The lowest BCUT2D eigenvalue weighted by molar-refractivity contribution is -0.155. The van der Waals surface area contributed by atoms with Gasteiger partial charge in [-0.25, -0.2) is 0 Å². The fourth-order valence-electron chi connectivity index (χ4n) is 5.11. The quantitative estimate of drug-likeness (QED) is 0.407. The van der Waals surface area contributed by atoms with Crippen molar-refractivity contribution in [1.29, 1.82) is 0 Å². The first-order valence-electron chi connectivity index (χ1n) is 12.6. The van der Waals surface area contributed by atoms with Gasteiger partial charge in [0.1, 0.15) is 23.0 Å². The van der Waals surface area contributed by atoms with Crippen molar-refractivity contribution in [3.8, 4) is 11.5 Å². The van der Waals surface area contributed by atoms with Crippen LogP contribution in [0, 0.1) is 23.7 Å². The molecule has 2 aliphatic carbocycles. The van der Waals surface area contributed by atoms with Gasteiger partial charge in [0.05, 0.1) is 23.7 Å². The van der Waals surface area contributed by atoms with Crippen molar-refractivity contribution in [3.63, 3.8) is 0 Å². The third-order valence-electron chi connectivity index (χ3n) is 7.51. The molecule has 2 heterocycles. The molecule has 0 aromatic heterocycles. The number of ether oxygens (including phenoxy) is 4. The topological polar surface area (TPSA) is 105 Å². The third kappa shape index (κ3) is 4.48. The van der Waals surface area contributed by atoms with Crippen molar-refractivity contribution in [2.75, 3.05) is 0 Å². The van der Waals surface area contributed by atoms with Crippen molar-refractivity contribution < 1.29 is 38.1 Å². The SMILES string of the molecule is CC(C)(c1ccc(OC2=CC3C(=O)OC(=O)C3C=C2)cc1)c1ccc(OC2=CC3C(=O)OC(=O)C3C=C2)cc1. The zero-order valence-corrected chi connectivity index (χ0v) is 21.2. The minimum Gasteiger partial charge on any atom is -0.458 e. The van der Waals surface area contributed by atoms with Crippen molar-refractivity contribution in [2.24, 2.45) is 23.7 Å². The van der Waals surface area contributed by atoms with E-state index in [1.165, 1.54) is 0 Å². The van der Waals surface area contributed by atoms with Crippen LogP contribution in [0.4, 0.5) is 0 Å². The number of rotatable bonds is 6. The summed E-state index contributed by atoms with van der Waals surface area (Å²) < 4.78 is 21.3. The van der Waals surface area contributed by atoms with Crippen LogP contribution in [-0.4, -0.2) is 23.9 Å². The number of allylic oxidation sites excluding steroid dienone is 2. The van der Waals surface area contributed by atoms with E-state index in [1.54, 1.807) is 36.5 Å². The summed E-state index contributed by atoms with van der Waals surface area (Å²) >= 11 is 0. The molecule has 4 atom stereocenters. The first-order chi connectivity index (χ1) is 18.7. The molecule has 196 valence electrons. The Kier molecular flexibility index (Phi) is 5.83. The number of fused-ring (bicyclic) bond motifs is 2. The zero-order valence-electron chi connectivity index (χ0n) is 21.2. The van der Waals surface area contributed by atoms with Crippen LogP contribution in [0.5, 0.6) is 11.5 Å². The van der Waals surface area contributed by atoms with Crippen molar-refractivity contribution >= 4 is 23.9 Å². The molecule has 4 unspecified atom stereocenters. The predicted octanol–water partition coefficient (Wildman–Crippen LogP) is 4.31. The van der Waals surface area contributed by atoms with Crippen LogP contribution in [0.15, 0.2) is 96.5 Å². The standard InChI is InChI=1S/C31H24O8/c1-31(2,17-3-7-19(8-4-17)36-21-11-13-23-25(15-21)29(34)38-27(23)32)18-5-9-20(10-6-18)37-22-12-14-24-26(16-22)30(35)39-28(24)33/h3-16,23-26H,1-2H3. The van der Waals surface area contributed by atoms with E-state index >= 15 is 0 Å². The molecule has 8 nitrogen and oxygen atoms in total. The fraction of sp³-hybridized carbons (Fsp3) is 0.226. The van der Waals surface area contributed by atoms with E-state index in [-0.39, 0.29) is 5.41 Å². The summed E-state index contributed by atoms with van der Waals surface area (Å²) in [6, 6.07) is 15.4. The lowest BCUT2D eigenvalue weighted by atomic mass is 9.78. The molecule has 0 saturated carbocycles. The van der Waals surface area contributed by atoms with Crippen molar-refractivity contribution in [3.05, 3.63) is 108 Å². The number of hydrogen-bond acceptors (Lipinski definition) is 8. The van der Waals surface area contributed by atoms with E-state index in [0.29, 0.717) is 23.0 Å². The van der Waals surface area contributed by atoms with Gasteiger partial charge in [0.15, 0.2) is 0 Å². The van der Waals surface area contributed by atoms with Gasteiger partial charge in [-0.05, 0) is 59.7 Å². The lowest BCUT2D eigenvalue weighted by Crippen LogP contribution is -2.19. The van der Waals surface area contributed by atoms with Crippen molar-refractivity contribution in [2.45, 2.75) is 19.3 Å². The van der Waals surface area contributed by atoms with E-state index in [1.807, 2.05) is 48.5 Å². The summed E-state index contributed by atoms with van der Waals surface area (Å²) in [5, 5.41) is 0. The Labute approximate surface area is 224 Å². The summed E-state index contributed by atoms with van der Waals surface area (Å²) in [4.78, 5) is 47.1. The zero-order chi connectivity index (χ0) is 27.3. The molecule has 0 spiro atoms. The van der Waals surface area contributed by atoms with E-state index in [0.717, 1.165) is 11.1 Å². The molecule has 0 amide bonds. The Bertz CT molecular complexity index is 1390. The molecule has 2 fully saturated rings. The Morgan fingerprint density at radius 3 is 1.31 bits per heavy atom. The second kappa shape index (κ2) is 9.23. The molecule has 2 aliphatic heterocycles. The largest absolute Gasteiger partial charge is 0.458 e. The summed E-state index contributed by atoms with van der Waals surface area (Å²) in [5.74, 6) is -2.44. The van der Waals surface area contributed by atoms with Crippen LogP contribution in [0.1, 0.15) is 25.0 Å². The number of benzene rings is 2. The van der Waals surface area contributed by atoms with Crippen LogP contribution < -0.4 is 9.47 Å². The molecular formula is C31H24O8. The molecule has 6 rings (SSSR count).